The third-order valence-corrected chi connectivity index (χ3v) is 9.07. The van der Waals surface area contributed by atoms with Crippen molar-refractivity contribution in [3.05, 3.63) is 59.2 Å². The molecule has 9 heteroatoms. The van der Waals surface area contributed by atoms with Gasteiger partial charge in [-0.05, 0) is 78.5 Å². The maximum Gasteiger partial charge on any atom is 0.328 e. The Morgan fingerprint density at radius 1 is 1.10 bits per heavy atom. The van der Waals surface area contributed by atoms with E-state index in [2.05, 4.69) is 5.32 Å². The number of hydrogen-bond donors (Lipinski definition) is 1. The highest BCUT2D eigenvalue weighted by molar-refractivity contribution is 7.98. The number of ether oxygens (including phenoxy) is 2. The van der Waals surface area contributed by atoms with Crippen molar-refractivity contribution in [1.29, 1.82) is 0 Å². The van der Waals surface area contributed by atoms with Gasteiger partial charge in [0.2, 0.25) is 0 Å². The van der Waals surface area contributed by atoms with Crippen LogP contribution in [0.15, 0.2) is 42.5 Å². The van der Waals surface area contributed by atoms with Gasteiger partial charge in [0.25, 0.3) is 11.8 Å². The second-order valence-corrected chi connectivity index (χ2v) is 12.7. The number of aryl methyl sites for hydroxylation is 1. The van der Waals surface area contributed by atoms with E-state index in [0.717, 1.165) is 29.5 Å². The first-order valence-corrected chi connectivity index (χ1v) is 16.4. The van der Waals surface area contributed by atoms with Gasteiger partial charge in [-0.1, -0.05) is 49.6 Å². The van der Waals surface area contributed by atoms with Gasteiger partial charge in [-0.2, -0.15) is 11.8 Å². The summed E-state index contributed by atoms with van der Waals surface area (Å²) >= 11 is 1.59. The first kappa shape index (κ1) is 32.4. The molecule has 2 aliphatic rings. The Balaban J connectivity index is 1.54. The minimum absolute atomic E-state index is 0.215. The molecule has 1 N–H and O–H groups in total. The number of amides is 1. The standard InChI is InChI=1S/C33H44F2N2O4S/c1-23-9-7-8-12-27(23)29-17-25(13-14-28(29)31(38)36-30(15-16-42-3)32(39)40-2)19-37-22-33(34,35)18-26(37)21-41-20-24-10-5-4-6-11-24/h7-9,12-14,17,24,26,30H,4-6,10-11,15-16,18-22H2,1-3H3,(H,36,38)/t26-,30-/m0/s1. The number of carbonyl (C=O) groups excluding carboxylic acids is 2. The fourth-order valence-corrected chi connectivity index (χ4v) is 6.59. The summed E-state index contributed by atoms with van der Waals surface area (Å²) in [6.07, 6.45) is 8.20. The number of carbonyl (C=O) groups is 2. The molecule has 0 bridgehead atoms. The van der Waals surface area contributed by atoms with Crippen LogP contribution in [-0.4, -0.2) is 73.7 Å². The molecule has 42 heavy (non-hydrogen) atoms. The Bertz CT molecular complexity index is 1200. The molecule has 1 saturated heterocycles. The van der Waals surface area contributed by atoms with Crippen molar-refractivity contribution in [2.24, 2.45) is 5.92 Å². The topological polar surface area (TPSA) is 67.9 Å². The lowest BCUT2D eigenvalue weighted by Crippen LogP contribution is -2.42. The zero-order chi connectivity index (χ0) is 30.1. The van der Waals surface area contributed by atoms with E-state index in [4.69, 9.17) is 9.47 Å². The highest BCUT2D eigenvalue weighted by Crippen LogP contribution is 2.35. The van der Waals surface area contributed by atoms with Crippen LogP contribution in [0, 0.1) is 12.8 Å². The van der Waals surface area contributed by atoms with Crippen molar-refractivity contribution in [1.82, 2.24) is 10.2 Å². The van der Waals surface area contributed by atoms with Gasteiger partial charge in [0.1, 0.15) is 6.04 Å². The fraction of sp³-hybridized carbons (Fsp3) is 0.576. The number of likely N-dealkylation sites (tertiary alicyclic amines) is 1. The molecule has 1 saturated carbocycles. The minimum Gasteiger partial charge on any atom is -0.467 e. The highest BCUT2D eigenvalue weighted by Gasteiger charge is 2.45. The molecular weight excluding hydrogens is 558 g/mol. The van der Waals surface area contributed by atoms with Gasteiger partial charge in [-0.15, -0.1) is 0 Å². The van der Waals surface area contributed by atoms with E-state index in [-0.39, 0.29) is 24.9 Å². The molecule has 0 unspecified atom stereocenters. The molecule has 2 aromatic rings. The molecule has 1 aliphatic carbocycles. The van der Waals surface area contributed by atoms with Crippen LogP contribution in [0.4, 0.5) is 8.78 Å². The molecule has 6 nitrogen and oxygen atoms in total. The van der Waals surface area contributed by atoms with Crippen LogP contribution in [0.3, 0.4) is 0 Å². The molecule has 0 radical (unpaired) electrons. The number of benzene rings is 2. The molecular formula is C33H44F2N2O4S. The van der Waals surface area contributed by atoms with Gasteiger partial charge in [0.05, 0.1) is 20.3 Å². The Morgan fingerprint density at radius 2 is 1.86 bits per heavy atom. The van der Waals surface area contributed by atoms with Crippen LogP contribution in [-0.2, 0) is 20.8 Å². The highest BCUT2D eigenvalue weighted by atomic mass is 32.2. The fourth-order valence-electron chi connectivity index (χ4n) is 6.12. The lowest BCUT2D eigenvalue weighted by atomic mass is 9.90. The summed E-state index contributed by atoms with van der Waals surface area (Å²) in [4.78, 5) is 27.7. The average Bonchev–Trinajstić information content (AvgIpc) is 3.27. The van der Waals surface area contributed by atoms with Gasteiger partial charge < -0.3 is 14.8 Å². The lowest BCUT2D eigenvalue weighted by molar-refractivity contribution is -0.142. The quantitative estimate of drug-likeness (QED) is 0.264. The molecule has 2 aromatic carbocycles. The Labute approximate surface area is 252 Å². The van der Waals surface area contributed by atoms with Gasteiger partial charge in [-0.3, -0.25) is 9.69 Å². The van der Waals surface area contributed by atoms with Crippen molar-refractivity contribution < 1.29 is 27.8 Å². The molecule has 230 valence electrons. The lowest BCUT2D eigenvalue weighted by Gasteiger charge is -2.26. The van der Waals surface area contributed by atoms with Crippen molar-refractivity contribution in [3.8, 4) is 11.1 Å². The number of nitrogens with zero attached hydrogens (tertiary/aromatic N) is 1. The van der Waals surface area contributed by atoms with Crippen LogP contribution < -0.4 is 5.32 Å². The van der Waals surface area contributed by atoms with Crippen LogP contribution in [0.2, 0.25) is 0 Å². The normalized spacial score (nSPS) is 19.9. The number of hydrogen-bond acceptors (Lipinski definition) is 6. The Morgan fingerprint density at radius 3 is 2.57 bits per heavy atom. The first-order chi connectivity index (χ1) is 20.2. The second-order valence-electron chi connectivity index (χ2n) is 11.7. The molecule has 0 aromatic heterocycles. The molecule has 2 atom stereocenters. The molecule has 4 rings (SSSR count). The SMILES string of the molecule is COC(=O)[C@H](CCSC)NC(=O)c1ccc(CN2CC(F)(F)C[C@H]2COCC2CCCCC2)cc1-c1ccccc1C. The molecule has 1 heterocycles. The summed E-state index contributed by atoms with van der Waals surface area (Å²) in [5, 5.41) is 2.86. The van der Waals surface area contributed by atoms with E-state index in [1.165, 1.54) is 26.4 Å². The van der Waals surface area contributed by atoms with E-state index in [0.29, 0.717) is 49.0 Å². The van der Waals surface area contributed by atoms with E-state index in [1.807, 2.05) is 54.5 Å². The van der Waals surface area contributed by atoms with E-state index >= 15 is 0 Å². The van der Waals surface area contributed by atoms with Gasteiger partial charge in [0.15, 0.2) is 0 Å². The van der Waals surface area contributed by atoms with E-state index in [1.54, 1.807) is 17.8 Å². The number of rotatable bonds is 13. The van der Waals surface area contributed by atoms with Gasteiger partial charge >= 0.3 is 5.97 Å². The summed E-state index contributed by atoms with van der Waals surface area (Å²) in [7, 11) is 1.31. The predicted octanol–water partition coefficient (Wildman–Crippen LogP) is 6.49. The molecule has 0 spiro atoms. The summed E-state index contributed by atoms with van der Waals surface area (Å²) in [6, 6.07) is 12.1. The summed E-state index contributed by atoms with van der Waals surface area (Å²) in [5.41, 5.74) is 3.82. The number of esters is 1. The maximum atomic E-state index is 14.6. The van der Waals surface area contributed by atoms with Crippen LogP contribution >= 0.6 is 11.8 Å². The Hall–Kier alpha value is -2.49. The van der Waals surface area contributed by atoms with Crippen molar-refractivity contribution >= 4 is 23.6 Å². The summed E-state index contributed by atoms with van der Waals surface area (Å²) < 4.78 is 40.1. The van der Waals surface area contributed by atoms with Gasteiger partial charge in [-0.25, -0.2) is 13.6 Å². The van der Waals surface area contributed by atoms with E-state index < -0.39 is 17.9 Å². The number of thioether (sulfide) groups is 1. The third kappa shape index (κ3) is 8.77. The largest absolute Gasteiger partial charge is 0.467 e. The third-order valence-electron chi connectivity index (χ3n) is 8.42. The van der Waals surface area contributed by atoms with Crippen LogP contribution in [0.1, 0.15) is 66.4 Å². The average molecular weight is 603 g/mol. The molecule has 1 aliphatic heterocycles. The summed E-state index contributed by atoms with van der Waals surface area (Å²) in [5.74, 6) is -2.41. The van der Waals surface area contributed by atoms with Crippen molar-refractivity contribution in [2.45, 2.75) is 76.4 Å². The first-order valence-electron chi connectivity index (χ1n) is 15.0. The Kier molecular flexibility index (Phi) is 11.8. The van der Waals surface area contributed by atoms with Gasteiger partial charge in [0, 0.05) is 31.2 Å². The number of nitrogens with one attached hydrogen (secondary N) is 1. The van der Waals surface area contributed by atoms with Crippen molar-refractivity contribution in [2.75, 3.05) is 38.9 Å². The van der Waals surface area contributed by atoms with E-state index in [9.17, 15) is 18.4 Å². The zero-order valence-electron chi connectivity index (χ0n) is 25.0. The van der Waals surface area contributed by atoms with Crippen LogP contribution in [0.25, 0.3) is 11.1 Å². The molecule has 2 fully saturated rings. The molecule has 1 amide bonds. The monoisotopic (exact) mass is 602 g/mol. The second kappa shape index (κ2) is 15.3. The smallest absolute Gasteiger partial charge is 0.328 e. The zero-order valence-corrected chi connectivity index (χ0v) is 25.8. The van der Waals surface area contributed by atoms with Crippen molar-refractivity contribution in [3.63, 3.8) is 0 Å². The minimum atomic E-state index is -2.77. The maximum absolute atomic E-state index is 14.6. The number of alkyl halides is 2. The summed E-state index contributed by atoms with van der Waals surface area (Å²) in [6.45, 7) is 2.91. The number of halogens is 2. The number of methoxy groups -OCH3 is 1. The van der Waals surface area contributed by atoms with Crippen LogP contribution in [0.5, 0.6) is 0 Å². The predicted molar refractivity (Wildman–Crippen MR) is 164 cm³/mol.